The third-order valence-corrected chi connectivity index (χ3v) is 9.13. The molecule has 3 aromatic rings. The quantitative estimate of drug-likeness (QED) is 0.313. The van der Waals surface area contributed by atoms with Crippen molar-refractivity contribution >= 4 is 34.7 Å². The number of aliphatic hydroxyl groups is 1. The van der Waals surface area contributed by atoms with Gasteiger partial charge in [-0.15, -0.1) is 0 Å². The summed E-state index contributed by atoms with van der Waals surface area (Å²) in [5.74, 6) is -3.84. The number of carbonyl (C=O) groups is 2. The molecule has 3 atom stereocenters. The van der Waals surface area contributed by atoms with Crippen LogP contribution in [0.2, 0.25) is 5.02 Å². The van der Waals surface area contributed by atoms with Crippen molar-refractivity contribution < 1.29 is 45.4 Å². The van der Waals surface area contributed by atoms with E-state index in [9.17, 15) is 45.4 Å². The topological polar surface area (TPSA) is 129 Å². The number of hydrogen-bond acceptors (Lipinski definition) is 7. The van der Waals surface area contributed by atoms with E-state index in [4.69, 9.17) is 17.3 Å². The number of nitrogens with one attached hydrogen (secondary N) is 1. The summed E-state index contributed by atoms with van der Waals surface area (Å²) in [4.78, 5) is 32.3. The molecule has 2 aromatic heterocycles. The molecule has 2 fully saturated rings. The molecule has 0 radical (unpaired) electrons. The van der Waals surface area contributed by atoms with Gasteiger partial charge in [0.05, 0.1) is 34.8 Å². The lowest BCUT2D eigenvalue weighted by Gasteiger charge is -2.32. The molecule has 0 spiro atoms. The largest absolute Gasteiger partial charge is 0.426 e. The van der Waals surface area contributed by atoms with E-state index in [2.05, 4.69) is 15.4 Å². The number of likely N-dealkylation sites (tertiary alicyclic amines) is 2. The summed E-state index contributed by atoms with van der Waals surface area (Å²) in [6, 6.07) is 4.69. The lowest BCUT2D eigenvalue weighted by Crippen LogP contribution is -2.57. The van der Waals surface area contributed by atoms with Crippen molar-refractivity contribution in [2.75, 3.05) is 31.9 Å². The number of halogens is 8. The number of amides is 2. The Morgan fingerprint density at radius 2 is 1.79 bits per heavy atom. The minimum Gasteiger partial charge on any atom is -0.382 e. The van der Waals surface area contributed by atoms with Crippen molar-refractivity contribution in [1.29, 1.82) is 0 Å². The second-order valence-corrected chi connectivity index (χ2v) is 12.2. The molecule has 4 heterocycles. The van der Waals surface area contributed by atoms with Crippen LogP contribution in [0.25, 0.3) is 16.8 Å². The molecule has 5 rings (SSSR count). The molecule has 0 bridgehead atoms. The lowest BCUT2D eigenvalue weighted by atomic mass is 9.96. The van der Waals surface area contributed by atoms with Gasteiger partial charge in [-0.25, -0.2) is 13.9 Å². The van der Waals surface area contributed by atoms with Crippen molar-refractivity contribution in [3.05, 3.63) is 46.7 Å². The Bertz CT molecular complexity index is 1660. The first-order valence-electron chi connectivity index (χ1n) is 14.7. The van der Waals surface area contributed by atoms with E-state index < -0.39 is 67.4 Å². The van der Waals surface area contributed by atoms with Crippen LogP contribution < -0.4 is 11.1 Å². The van der Waals surface area contributed by atoms with Gasteiger partial charge in [0, 0.05) is 18.7 Å². The molecule has 0 saturated carbocycles. The van der Waals surface area contributed by atoms with Gasteiger partial charge in [0.1, 0.15) is 18.0 Å². The van der Waals surface area contributed by atoms with E-state index in [0.29, 0.717) is 27.2 Å². The molecule has 256 valence electrons. The van der Waals surface area contributed by atoms with Crippen LogP contribution in [0.15, 0.2) is 30.6 Å². The highest BCUT2D eigenvalue weighted by molar-refractivity contribution is 6.34. The summed E-state index contributed by atoms with van der Waals surface area (Å²) in [5.41, 5.74) is 4.25. The molecule has 0 aliphatic carbocycles. The molecular formula is C29H31ClF7N7O3. The van der Waals surface area contributed by atoms with Gasteiger partial charge in [-0.05, 0) is 56.1 Å². The Balaban J connectivity index is 1.36. The fourth-order valence-corrected chi connectivity index (χ4v) is 6.24. The second-order valence-electron chi connectivity index (χ2n) is 11.8. The van der Waals surface area contributed by atoms with Gasteiger partial charge in [0.15, 0.2) is 5.82 Å². The number of piperidine rings is 1. The minimum absolute atomic E-state index is 0.0345. The third kappa shape index (κ3) is 6.69. The molecule has 2 amide bonds. The number of rotatable bonds is 7. The van der Waals surface area contributed by atoms with Crippen molar-refractivity contribution in [2.45, 2.75) is 62.9 Å². The molecule has 1 unspecified atom stereocenters. The maximum absolute atomic E-state index is 14.9. The standard InChI is InChI=1S/C29H31ClF7N7O3/c1-2-27(47,29(35,36)37)26(46)43-12-20(31)21(13-43)41-25(45)18-9-15(3-4-19(18)30)22-10-16(23-24(38)39-14-40-44(22)23)11-42-7-5-17(6-8-42)28(32,33)34/h3-4,9-10,14,17,20-21,47H,2,5-8,11-13H2,1H3,(H,41,45)(H2,38,39,40)/t20-,21+,27?/m0/s1. The Morgan fingerprint density at radius 1 is 1.11 bits per heavy atom. The first-order chi connectivity index (χ1) is 21.9. The summed E-state index contributed by atoms with van der Waals surface area (Å²) in [6.45, 7) is 0.255. The molecular weight excluding hydrogens is 663 g/mol. The van der Waals surface area contributed by atoms with Crippen LogP contribution in [0.1, 0.15) is 42.1 Å². The van der Waals surface area contributed by atoms with Crippen molar-refractivity contribution in [3.8, 4) is 11.3 Å². The first kappa shape index (κ1) is 34.6. The molecule has 2 saturated heterocycles. The summed E-state index contributed by atoms with van der Waals surface area (Å²) in [7, 11) is 0. The van der Waals surface area contributed by atoms with Gasteiger partial charge in [0.25, 0.3) is 11.8 Å². The number of anilines is 1. The van der Waals surface area contributed by atoms with Crippen LogP contribution in [-0.2, 0) is 11.3 Å². The minimum atomic E-state index is -5.29. The Labute approximate surface area is 268 Å². The normalized spacial score (nSPS) is 21.3. The summed E-state index contributed by atoms with van der Waals surface area (Å²) >= 11 is 6.31. The fraction of sp³-hybridized carbons (Fsp3) is 0.517. The van der Waals surface area contributed by atoms with Gasteiger partial charge < -0.3 is 21.1 Å². The Morgan fingerprint density at radius 3 is 2.40 bits per heavy atom. The summed E-state index contributed by atoms with van der Waals surface area (Å²) < 4.78 is 96.1. The number of aromatic nitrogens is 3. The van der Waals surface area contributed by atoms with E-state index in [1.54, 1.807) is 12.1 Å². The second kappa shape index (κ2) is 12.7. The highest BCUT2D eigenvalue weighted by atomic mass is 35.5. The Hall–Kier alpha value is -3.70. The average Bonchev–Trinajstić information content (AvgIpc) is 3.56. The van der Waals surface area contributed by atoms with Crippen LogP contribution in [0.4, 0.5) is 36.6 Å². The monoisotopic (exact) mass is 693 g/mol. The zero-order valence-electron chi connectivity index (χ0n) is 24.9. The van der Waals surface area contributed by atoms with Crippen molar-refractivity contribution in [1.82, 2.24) is 29.7 Å². The maximum atomic E-state index is 14.9. The highest BCUT2D eigenvalue weighted by Crippen LogP contribution is 2.37. The number of hydrogen-bond donors (Lipinski definition) is 3. The molecule has 2 aliphatic heterocycles. The van der Waals surface area contributed by atoms with E-state index in [1.165, 1.54) is 23.0 Å². The number of carbonyl (C=O) groups excluding carboxylic acids is 2. The van der Waals surface area contributed by atoms with Crippen LogP contribution in [0.5, 0.6) is 0 Å². The van der Waals surface area contributed by atoms with E-state index in [1.807, 2.05) is 4.90 Å². The van der Waals surface area contributed by atoms with Crippen molar-refractivity contribution in [3.63, 3.8) is 0 Å². The van der Waals surface area contributed by atoms with E-state index >= 15 is 0 Å². The Kier molecular flexibility index (Phi) is 9.38. The number of fused-ring (bicyclic) bond motifs is 1. The molecule has 10 nitrogen and oxygen atoms in total. The van der Waals surface area contributed by atoms with E-state index in [0.717, 1.165) is 6.92 Å². The average molecular weight is 694 g/mol. The third-order valence-electron chi connectivity index (χ3n) is 8.80. The van der Waals surface area contributed by atoms with Crippen LogP contribution in [0.3, 0.4) is 0 Å². The van der Waals surface area contributed by atoms with Gasteiger partial charge >= 0.3 is 12.4 Å². The summed E-state index contributed by atoms with van der Waals surface area (Å²) in [6.07, 6.45) is -11.3. The van der Waals surface area contributed by atoms with Crippen LogP contribution in [-0.4, -0.2) is 97.7 Å². The van der Waals surface area contributed by atoms with Gasteiger partial charge in [-0.2, -0.15) is 31.4 Å². The maximum Gasteiger partial charge on any atom is 0.426 e. The van der Waals surface area contributed by atoms with E-state index in [-0.39, 0.29) is 48.9 Å². The zero-order valence-corrected chi connectivity index (χ0v) is 25.6. The highest BCUT2D eigenvalue weighted by Gasteiger charge is 2.60. The molecule has 1 aromatic carbocycles. The van der Waals surface area contributed by atoms with Gasteiger partial charge in [-0.3, -0.25) is 14.5 Å². The number of nitrogens with zero attached hydrogens (tertiary/aromatic N) is 5. The number of benzene rings is 1. The van der Waals surface area contributed by atoms with Gasteiger partial charge in [-0.1, -0.05) is 24.6 Å². The number of alkyl halides is 7. The predicted molar refractivity (Wildman–Crippen MR) is 156 cm³/mol. The SMILES string of the molecule is CCC(O)(C(=O)N1C[C@H](F)[C@H](NC(=O)c2cc(-c3cc(CN4CCC(C(F)(F)F)CC4)c4c(N)ncnn34)ccc2Cl)C1)C(F)(F)F. The molecule has 4 N–H and O–H groups in total. The molecule has 18 heteroatoms. The fourth-order valence-electron chi connectivity index (χ4n) is 6.04. The first-order valence-corrected chi connectivity index (χ1v) is 15.1. The molecule has 47 heavy (non-hydrogen) atoms. The van der Waals surface area contributed by atoms with Crippen LogP contribution >= 0.6 is 11.6 Å². The predicted octanol–water partition coefficient (Wildman–Crippen LogP) is 4.39. The zero-order chi connectivity index (χ0) is 34.5. The summed E-state index contributed by atoms with van der Waals surface area (Å²) in [5, 5.41) is 16.6. The molecule has 2 aliphatic rings. The van der Waals surface area contributed by atoms with Crippen molar-refractivity contribution in [2.24, 2.45) is 5.92 Å². The van der Waals surface area contributed by atoms with Crippen LogP contribution in [0, 0.1) is 5.92 Å². The number of nitrogen functional groups attached to an aromatic ring is 1. The van der Waals surface area contributed by atoms with Gasteiger partial charge in [0.2, 0.25) is 5.60 Å². The number of nitrogens with two attached hydrogens (primary N) is 1. The smallest absolute Gasteiger partial charge is 0.382 e. The lowest BCUT2D eigenvalue weighted by molar-refractivity contribution is -0.256.